The number of ketones is 1. The first-order valence-electron chi connectivity index (χ1n) is 11.3. The molecule has 0 radical (unpaired) electrons. The van der Waals surface area contributed by atoms with Gasteiger partial charge in [0.1, 0.15) is 47.1 Å². The third-order valence-electron chi connectivity index (χ3n) is 6.20. The second-order valence-corrected chi connectivity index (χ2v) is 10.3. The normalized spacial score (nSPS) is 30.2. The number of aryl methyl sites for hydroxylation is 2. The number of hydrogen-bond acceptors (Lipinski definition) is 10. The van der Waals surface area contributed by atoms with Gasteiger partial charge in [-0.1, -0.05) is 6.07 Å². The summed E-state index contributed by atoms with van der Waals surface area (Å²) in [6.45, 7) is 1.31. The molecule has 12 heteroatoms. The van der Waals surface area contributed by atoms with E-state index in [1.807, 2.05) is 24.3 Å². The minimum absolute atomic E-state index is 0.0389. The highest BCUT2D eigenvalue weighted by atomic mass is 31.2. The average Bonchev–Trinajstić information content (AvgIpc) is 3.29. The van der Waals surface area contributed by atoms with E-state index in [1.165, 1.54) is 12.1 Å². The van der Waals surface area contributed by atoms with Crippen LogP contribution in [0.2, 0.25) is 0 Å². The van der Waals surface area contributed by atoms with Crippen molar-refractivity contribution in [3.8, 4) is 11.5 Å². The zero-order valence-electron chi connectivity index (χ0n) is 19.1. The Bertz CT molecular complexity index is 1330. The molecule has 2 aromatic carbocycles. The van der Waals surface area contributed by atoms with Crippen molar-refractivity contribution >= 4 is 24.6 Å². The van der Waals surface area contributed by atoms with Crippen LogP contribution in [0.5, 0.6) is 11.5 Å². The van der Waals surface area contributed by atoms with E-state index >= 15 is 0 Å². The van der Waals surface area contributed by atoms with Gasteiger partial charge in [0.2, 0.25) is 6.29 Å². The Morgan fingerprint density at radius 1 is 1.17 bits per heavy atom. The lowest BCUT2D eigenvalue weighted by atomic mass is 9.98. The number of Topliss-reactive ketones (excluding diaryl/α,β-unsaturated/α-hetero) is 1. The fourth-order valence-electron chi connectivity index (χ4n) is 4.41. The number of benzene rings is 2. The van der Waals surface area contributed by atoms with Crippen LogP contribution in [0.1, 0.15) is 27.9 Å². The molecular weight excluding hydrogens is 495 g/mol. The van der Waals surface area contributed by atoms with Gasteiger partial charge in [0.25, 0.3) is 0 Å². The Kier molecular flexibility index (Phi) is 6.65. The molecule has 0 spiro atoms. The molecule has 1 aromatic heterocycles. The molecule has 5 rings (SSSR count). The second kappa shape index (κ2) is 9.60. The predicted octanol–water partition coefficient (Wildman–Crippen LogP) is 2.60. The summed E-state index contributed by atoms with van der Waals surface area (Å²) in [5, 5.41) is 32.5. The lowest BCUT2D eigenvalue weighted by Gasteiger charge is -2.44. The van der Waals surface area contributed by atoms with Gasteiger partial charge in [0.15, 0.2) is 5.78 Å². The molecular formula is C24H25O11P. The molecule has 0 bridgehead atoms. The Labute approximate surface area is 205 Å². The van der Waals surface area contributed by atoms with Crippen LogP contribution >= 0.6 is 7.82 Å². The highest BCUT2D eigenvalue weighted by Gasteiger charge is 2.52. The van der Waals surface area contributed by atoms with Crippen LogP contribution in [0, 0.1) is 6.92 Å². The number of phenols is 1. The van der Waals surface area contributed by atoms with Gasteiger partial charge < -0.3 is 34.1 Å². The van der Waals surface area contributed by atoms with E-state index in [-0.39, 0.29) is 30.1 Å². The van der Waals surface area contributed by atoms with Crippen molar-refractivity contribution in [2.45, 2.75) is 50.5 Å². The summed E-state index contributed by atoms with van der Waals surface area (Å²) in [7, 11) is -4.38. The molecule has 3 heterocycles. The maximum Gasteiger partial charge on any atom is 0.472 e. The number of aliphatic hydroxyl groups is 2. The van der Waals surface area contributed by atoms with Crippen molar-refractivity contribution in [3.05, 3.63) is 59.4 Å². The minimum Gasteiger partial charge on any atom is -0.507 e. The summed E-state index contributed by atoms with van der Waals surface area (Å²) in [5.41, 5.74) is 2.14. The molecule has 2 saturated heterocycles. The minimum atomic E-state index is -4.38. The van der Waals surface area contributed by atoms with Gasteiger partial charge in [-0.25, -0.2) is 4.57 Å². The first-order valence-corrected chi connectivity index (χ1v) is 12.8. The van der Waals surface area contributed by atoms with Crippen molar-refractivity contribution in [1.82, 2.24) is 0 Å². The average molecular weight is 520 g/mol. The molecule has 2 aliphatic heterocycles. The highest BCUT2D eigenvalue weighted by molar-refractivity contribution is 7.47. The number of furan rings is 1. The quantitative estimate of drug-likeness (QED) is 0.279. The number of phosphoric ester groups is 1. The van der Waals surface area contributed by atoms with Crippen LogP contribution in [0.4, 0.5) is 0 Å². The van der Waals surface area contributed by atoms with Gasteiger partial charge in [-0.15, -0.1) is 0 Å². The topological polar surface area (TPSA) is 165 Å². The molecule has 1 unspecified atom stereocenters. The zero-order chi connectivity index (χ0) is 25.6. The third-order valence-corrected chi connectivity index (χ3v) is 7.19. The number of phosphoric acid groups is 1. The molecule has 192 valence electrons. The largest absolute Gasteiger partial charge is 0.507 e. The van der Waals surface area contributed by atoms with Crippen molar-refractivity contribution in [2.75, 3.05) is 6.61 Å². The second-order valence-electron chi connectivity index (χ2n) is 8.85. The molecule has 3 aromatic rings. The lowest BCUT2D eigenvalue weighted by molar-refractivity contribution is -0.282. The van der Waals surface area contributed by atoms with Gasteiger partial charge in [0.05, 0.1) is 12.9 Å². The van der Waals surface area contributed by atoms with Gasteiger partial charge >= 0.3 is 7.82 Å². The maximum absolute atomic E-state index is 13.2. The first-order chi connectivity index (χ1) is 17.1. The number of aliphatic hydroxyl groups excluding tert-OH is 2. The number of phenolic OH excluding ortho intramolecular Hbond substituents is 1. The number of carbonyl (C=O) groups excluding carboxylic acids is 1. The van der Waals surface area contributed by atoms with Gasteiger partial charge in [-0.3, -0.25) is 13.8 Å². The number of ether oxygens (including phenoxy) is 2. The maximum atomic E-state index is 13.2. The van der Waals surface area contributed by atoms with Crippen LogP contribution < -0.4 is 4.74 Å². The number of rotatable bonds is 6. The molecule has 2 aliphatic rings. The Balaban J connectivity index is 1.34. The highest BCUT2D eigenvalue weighted by Crippen LogP contribution is 2.50. The van der Waals surface area contributed by atoms with Crippen LogP contribution in [-0.2, 0) is 24.8 Å². The molecule has 0 saturated carbocycles. The fraction of sp³-hybridized carbons (Fsp3) is 0.375. The van der Waals surface area contributed by atoms with E-state index in [0.29, 0.717) is 12.0 Å². The summed E-state index contributed by atoms with van der Waals surface area (Å²) in [6, 6.07) is 10.4. The van der Waals surface area contributed by atoms with Crippen LogP contribution in [0.25, 0.3) is 11.0 Å². The van der Waals surface area contributed by atoms with Crippen LogP contribution in [0.15, 0.2) is 47.1 Å². The van der Waals surface area contributed by atoms with E-state index in [1.54, 1.807) is 13.2 Å². The molecule has 0 aliphatic carbocycles. The number of hydrogen-bond donors (Lipinski definition) is 4. The summed E-state index contributed by atoms with van der Waals surface area (Å²) >= 11 is 0. The summed E-state index contributed by atoms with van der Waals surface area (Å²) in [6.07, 6.45) is -5.07. The number of fused-ring (bicyclic) bond motifs is 2. The summed E-state index contributed by atoms with van der Waals surface area (Å²) in [5.74, 6) is -0.735. The summed E-state index contributed by atoms with van der Waals surface area (Å²) < 4.78 is 38.0. The van der Waals surface area contributed by atoms with Crippen molar-refractivity contribution in [1.29, 1.82) is 0 Å². The predicted molar refractivity (Wildman–Crippen MR) is 124 cm³/mol. The smallest absolute Gasteiger partial charge is 0.472 e. The molecule has 6 atom stereocenters. The number of aromatic hydroxyl groups is 1. The fourth-order valence-corrected chi connectivity index (χ4v) is 5.37. The molecule has 2 fully saturated rings. The van der Waals surface area contributed by atoms with Crippen molar-refractivity contribution in [2.24, 2.45) is 0 Å². The Hall–Kier alpha value is -2.76. The SMILES string of the molecule is Cc1cc(O)c(C(=O)CCc2ccc3occc3c2)c(O[C@@H]2O[C@@H]3COP(=O)(O)O[C@H]3[C@H](O)[C@H]2O)c1. The summed E-state index contributed by atoms with van der Waals surface area (Å²) in [4.78, 5) is 22.7. The molecule has 0 amide bonds. The zero-order valence-corrected chi connectivity index (χ0v) is 20.0. The van der Waals surface area contributed by atoms with Crippen LogP contribution in [0.3, 0.4) is 0 Å². The Morgan fingerprint density at radius 2 is 1.97 bits per heavy atom. The van der Waals surface area contributed by atoms with E-state index in [0.717, 1.165) is 16.5 Å². The van der Waals surface area contributed by atoms with Gasteiger partial charge in [-0.2, -0.15) is 0 Å². The van der Waals surface area contributed by atoms with Crippen LogP contribution in [-0.4, -0.2) is 63.3 Å². The molecule has 36 heavy (non-hydrogen) atoms. The van der Waals surface area contributed by atoms with Crippen molar-refractivity contribution in [3.63, 3.8) is 0 Å². The van der Waals surface area contributed by atoms with Gasteiger partial charge in [-0.05, 0) is 54.8 Å². The third kappa shape index (κ3) is 4.91. The lowest BCUT2D eigenvalue weighted by Crippen LogP contribution is -2.62. The Morgan fingerprint density at radius 3 is 2.78 bits per heavy atom. The monoisotopic (exact) mass is 520 g/mol. The van der Waals surface area contributed by atoms with E-state index in [4.69, 9.17) is 22.9 Å². The molecule has 4 N–H and O–H groups in total. The van der Waals surface area contributed by atoms with Gasteiger partial charge in [0, 0.05) is 11.8 Å². The molecule has 11 nitrogen and oxygen atoms in total. The van der Waals surface area contributed by atoms with E-state index in [9.17, 15) is 29.6 Å². The van der Waals surface area contributed by atoms with Crippen molar-refractivity contribution < 1.29 is 52.5 Å². The van der Waals surface area contributed by atoms with E-state index < -0.39 is 44.3 Å². The first kappa shape index (κ1) is 24.9. The number of carbonyl (C=O) groups is 1. The van der Waals surface area contributed by atoms with E-state index in [2.05, 4.69) is 0 Å². The standard InChI is InChI=1S/C24H25O11P/c1-12-8-16(26)20(15(25)4-2-13-3-5-17-14(10-13)6-7-31-17)18(9-12)33-24-22(28)21(27)23-19(34-24)11-32-36(29,30)35-23/h3,5-10,19,21-24,26-28H,2,4,11H2,1H3,(H,29,30)/t19-,21-,22-,23-,24-/m1/s1.